The maximum Gasteiger partial charge on any atom is 0.138 e. The predicted molar refractivity (Wildman–Crippen MR) is 102 cm³/mol. The Morgan fingerprint density at radius 3 is 2.58 bits per heavy atom. The standard InChI is InChI=1S/C22H19NO/c1-3-7-14-8-6-10-17-20-19(24-22(14)17)13-12-16-15-9-4-5-11-18(15)23(2)21(16)20/h4-6,8-13H,3,7H2,1-2H3. The molecule has 0 N–H and O–H groups in total. The summed E-state index contributed by atoms with van der Waals surface area (Å²) < 4.78 is 8.58. The molecule has 0 aliphatic heterocycles. The zero-order valence-electron chi connectivity index (χ0n) is 14.0. The van der Waals surface area contributed by atoms with Crippen LogP contribution in [0.3, 0.4) is 0 Å². The maximum atomic E-state index is 6.28. The Bertz CT molecular complexity index is 1220. The topological polar surface area (TPSA) is 18.1 Å². The van der Waals surface area contributed by atoms with Crippen LogP contribution in [-0.2, 0) is 13.5 Å². The van der Waals surface area contributed by atoms with Crippen LogP contribution in [-0.4, -0.2) is 4.57 Å². The highest BCUT2D eigenvalue weighted by atomic mass is 16.3. The molecule has 2 nitrogen and oxygen atoms in total. The highest BCUT2D eigenvalue weighted by molar-refractivity contribution is 6.24. The molecular formula is C22H19NO. The van der Waals surface area contributed by atoms with Crippen LogP contribution in [0.15, 0.2) is 59.0 Å². The summed E-state index contributed by atoms with van der Waals surface area (Å²) in [6, 6.07) is 19.5. The van der Waals surface area contributed by atoms with Gasteiger partial charge in [0, 0.05) is 28.7 Å². The van der Waals surface area contributed by atoms with E-state index >= 15 is 0 Å². The van der Waals surface area contributed by atoms with Crippen LogP contribution in [0.2, 0.25) is 0 Å². The second-order valence-electron chi connectivity index (χ2n) is 6.56. The molecule has 24 heavy (non-hydrogen) atoms. The molecule has 2 heteroatoms. The third-order valence-corrected chi connectivity index (χ3v) is 5.13. The van der Waals surface area contributed by atoms with Gasteiger partial charge in [-0.15, -0.1) is 0 Å². The quantitative estimate of drug-likeness (QED) is 0.380. The fraction of sp³-hybridized carbons (Fsp3) is 0.182. The Morgan fingerprint density at radius 2 is 1.71 bits per heavy atom. The molecule has 2 heterocycles. The lowest BCUT2D eigenvalue weighted by atomic mass is 10.0. The fourth-order valence-corrected chi connectivity index (χ4v) is 4.08. The summed E-state index contributed by atoms with van der Waals surface area (Å²) in [7, 11) is 2.15. The molecule has 0 spiro atoms. The van der Waals surface area contributed by atoms with E-state index in [4.69, 9.17) is 4.42 Å². The summed E-state index contributed by atoms with van der Waals surface area (Å²) in [6.07, 6.45) is 2.18. The molecule has 0 fully saturated rings. The zero-order valence-corrected chi connectivity index (χ0v) is 14.0. The number of para-hydroxylation sites is 2. The summed E-state index contributed by atoms with van der Waals surface area (Å²) in [4.78, 5) is 0. The number of fused-ring (bicyclic) bond motifs is 7. The van der Waals surface area contributed by atoms with Crippen molar-refractivity contribution in [2.75, 3.05) is 0 Å². The number of hydrogen-bond acceptors (Lipinski definition) is 1. The van der Waals surface area contributed by atoms with Crippen LogP contribution in [0.5, 0.6) is 0 Å². The van der Waals surface area contributed by atoms with Crippen molar-refractivity contribution in [1.82, 2.24) is 4.57 Å². The number of hydrogen-bond donors (Lipinski definition) is 0. The summed E-state index contributed by atoms with van der Waals surface area (Å²) in [5.41, 5.74) is 5.86. The molecule has 0 unspecified atom stereocenters. The first-order chi connectivity index (χ1) is 11.8. The largest absolute Gasteiger partial charge is 0.456 e. The molecule has 0 amide bonds. The van der Waals surface area contributed by atoms with Gasteiger partial charge in [-0.2, -0.15) is 0 Å². The van der Waals surface area contributed by atoms with Gasteiger partial charge >= 0.3 is 0 Å². The highest BCUT2D eigenvalue weighted by Gasteiger charge is 2.17. The fourth-order valence-electron chi connectivity index (χ4n) is 4.08. The van der Waals surface area contributed by atoms with E-state index in [1.165, 1.54) is 38.1 Å². The molecule has 0 saturated carbocycles. The Balaban J connectivity index is 2.04. The van der Waals surface area contributed by atoms with Crippen LogP contribution in [0.4, 0.5) is 0 Å². The van der Waals surface area contributed by atoms with Gasteiger partial charge in [0.25, 0.3) is 0 Å². The summed E-state index contributed by atoms with van der Waals surface area (Å²) in [5, 5.41) is 5.06. The zero-order chi connectivity index (χ0) is 16.3. The van der Waals surface area contributed by atoms with E-state index in [1.807, 2.05) is 0 Å². The number of nitrogens with zero attached hydrogens (tertiary/aromatic N) is 1. The van der Waals surface area contributed by atoms with Crippen molar-refractivity contribution in [3.63, 3.8) is 0 Å². The van der Waals surface area contributed by atoms with E-state index in [1.54, 1.807) is 0 Å². The SMILES string of the molecule is CCCc1cccc2c1oc1ccc3c4ccccc4n(C)c3c12. The van der Waals surface area contributed by atoms with Gasteiger partial charge in [-0.05, 0) is 30.2 Å². The molecule has 0 atom stereocenters. The molecule has 0 saturated heterocycles. The van der Waals surface area contributed by atoms with Crippen molar-refractivity contribution < 1.29 is 4.42 Å². The summed E-state index contributed by atoms with van der Waals surface area (Å²) >= 11 is 0. The average molecular weight is 313 g/mol. The monoisotopic (exact) mass is 313 g/mol. The van der Waals surface area contributed by atoms with E-state index in [0.29, 0.717) is 0 Å². The molecule has 2 aromatic heterocycles. The van der Waals surface area contributed by atoms with Gasteiger partial charge in [0.2, 0.25) is 0 Å². The van der Waals surface area contributed by atoms with Crippen molar-refractivity contribution in [1.29, 1.82) is 0 Å². The maximum absolute atomic E-state index is 6.28. The van der Waals surface area contributed by atoms with Crippen LogP contribution in [0, 0.1) is 0 Å². The first-order valence-corrected chi connectivity index (χ1v) is 8.60. The number of rotatable bonds is 2. The Morgan fingerprint density at radius 1 is 0.875 bits per heavy atom. The Labute approximate surface area is 140 Å². The van der Waals surface area contributed by atoms with E-state index in [9.17, 15) is 0 Å². The highest BCUT2D eigenvalue weighted by Crippen LogP contribution is 2.39. The molecule has 0 radical (unpaired) electrons. The second kappa shape index (κ2) is 4.88. The number of benzene rings is 3. The smallest absolute Gasteiger partial charge is 0.138 e. The van der Waals surface area contributed by atoms with Crippen molar-refractivity contribution in [3.05, 3.63) is 60.2 Å². The van der Waals surface area contributed by atoms with Gasteiger partial charge in [-0.3, -0.25) is 0 Å². The van der Waals surface area contributed by atoms with Gasteiger partial charge < -0.3 is 8.98 Å². The average Bonchev–Trinajstić information content (AvgIpc) is 3.13. The van der Waals surface area contributed by atoms with Crippen LogP contribution in [0.25, 0.3) is 43.7 Å². The van der Waals surface area contributed by atoms with Crippen LogP contribution >= 0.6 is 0 Å². The van der Waals surface area contributed by atoms with Gasteiger partial charge in [0.05, 0.1) is 10.9 Å². The van der Waals surface area contributed by atoms with E-state index < -0.39 is 0 Å². The Kier molecular flexibility index (Phi) is 2.78. The number of aryl methyl sites for hydroxylation is 2. The molecule has 5 rings (SSSR count). The summed E-state index contributed by atoms with van der Waals surface area (Å²) in [6.45, 7) is 2.21. The molecule has 0 bridgehead atoms. The second-order valence-corrected chi connectivity index (χ2v) is 6.56. The third kappa shape index (κ3) is 1.66. The van der Waals surface area contributed by atoms with Gasteiger partial charge in [0.15, 0.2) is 0 Å². The predicted octanol–water partition coefficient (Wildman–Crippen LogP) is 6.18. The van der Waals surface area contributed by atoms with Crippen molar-refractivity contribution in [3.8, 4) is 0 Å². The van der Waals surface area contributed by atoms with E-state index in [-0.39, 0.29) is 0 Å². The number of aromatic nitrogens is 1. The summed E-state index contributed by atoms with van der Waals surface area (Å²) in [5.74, 6) is 0. The molecule has 5 aromatic rings. The first-order valence-electron chi connectivity index (χ1n) is 8.60. The van der Waals surface area contributed by atoms with Gasteiger partial charge in [0.1, 0.15) is 11.2 Å². The van der Waals surface area contributed by atoms with Crippen LogP contribution < -0.4 is 0 Å². The molecule has 118 valence electrons. The molecule has 0 aliphatic carbocycles. The van der Waals surface area contributed by atoms with Crippen molar-refractivity contribution >= 4 is 43.7 Å². The van der Waals surface area contributed by atoms with Crippen molar-refractivity contribution in [2.45, 2.75) is 19.8 Å². The minimum Gasteiger partial charge on any atom is -0.456 e. The molecule has 0 aliphatic rings. The van der Waals surface area contributed by atoms with Crippen LogP contribution in [0.1, 0.15) is 18.9 Å². The third-order valence-electron chi connectivity index (χ3n) is 5.13. The lowest BCUT2D eigenvalue weighted by molar-refractivity contribution is 0.661. The normalized spacial score (nSPS) is 12.1. The minimum absolute atomic E-state index is 0.979. The van der Waals surface area contributed by atoms with Gasteiger partial charge in [-0.1, -0.05) is 49.7 Å². The van der Waals surface area contributed by atoms with E-state index in [2.05, 4.69) is 73.1 Å². The minimum atomic E-state index is 0.979. The molecule has 3 aromatic carbocycles. The van der Waals surface area contributed by atoms with Crippen molar-refractivity contribution in [2.24, 2.45) is 7.05 Å². The molecular weight excluding hydrogens is 294 g/mol. The Hall–Kier alpha value is -2.74. The van der Waals surface area contributed by atoms with E-state index in [0.717, 1.165) is 24.0 Å². The lowest BCUT2D eigenvalue weighted by Gasteiger charge is -2.00. The number of furan rings is 1. The lowest BCUT2D eigenvalue weighted by Crippen LogP contribution is -1.87. The van der Waals surface area contributed by atoms with Gasteiger partial charge in [-0.25, -0.2) is 0 Å². The first kappa shape index (κ1) is 13.7.